The monoisotopic (exact) mass is 530 g/mol. The Hall–Kier alpha value is -2.72. The number of rotatable bonds is 7. The van der Waals surface area contributed by atoms with Gasteiger partial charge in [0.05, 0.1) is 22.6 Å². The zero-order valence-corrected chi connectivity index (χ0v) is 20.1. The number of amides is 1. The molecule has 4 rings (SSSR count). The number of nitrogens with one attached hydrogen (secondary N) is 1. The highest BCUT2D eigenvalue weighted by Crippen LogP contribution is 2.30. The molecule has 0 bridgehead atoms. The first-order chi connectivity index (χ1) is 15.9. The maximum absolute atomic E-state index is 12.7. The number of nitrogens with zero attached hydrogens (tertiary/aromatic N) is 1. The molecule has 9 heteroatoms. The summed E-state index contributed by atoms with van der Waals surface area (Å²) in [6, 6.07) is 21.7. The van der Waals surface area contributed by atoms with Gasteiger partial charge >= 0.3 is 0 Å². The number of halogens is 1. The molecule has 1 saturated heterocycles. The van der Waals surface area contributed by atoms with Crippen LogP contribution in [0.5, 0.6) is 5.75 Å². The van der Waals surface area contributed by atoms with E-state index in [2.05, 4.69) is 21.2 Å². The van der Waals surface area contributed by atoms with Crippen molar-refractivity contribution in [3.05, 3.63) is 77.3 Å². The lowest BCUT2D eigenvalue weighted by atomic mass is 10.1. The minimum absolute atomic E-state index is 0.182. The smallest absolute Gasteiger partial charge is 0.262 e. The van der Waals surface area contributed by atoms with Gasteiger partial charge in [-0.15, -0.1) is 0 Å². The topological polar surface area (TPSA) is 84.9 Å². The van der Waals surface area contributed by atoms with Crippen LogP contribution in [0.15, 0.2) is 82.2 Å². The molecule has 1 aliphatic heterocycles. The number of carbonyl (C=O) groups is 1. The molecule has 1 fully saturated rings. The van der Waals surface area contributed by atoms with Crippen molar-refractivity contribution >= 4 is 37.5 Å². The second-order valence-corrected chi connectivity index (χ2v) is 10.2. The number of anilines is 1. The fourth-order valence-corrected chi connectivity index (χ4v) is 5.32. The van der Waals surface area contributed by atoms with Crippen molar-refractivity contribution < 1.29 is 22.7 Å². The van der Waals surface area contributed by atoms with Crippen LogP contribution < -0.4 is 10.1 Å². The van der Waals surface area contributed by atoms with Gasteiger partial charge in [0.15, 0.2) is 6.61 Å². The fourth-order valence-electron chi connectivity index (χ4n) is 3.41. The van der Waals surface area contributed by atoms with E-state index in [1.807, 2.05) is 48.5 Å². The SMILES string of the molecule is O=C(COc1ccc(-c2ccccc2)cc1Br)Nc1ccc(S(=O)(=O)N2CCOCC2)cc1. The summed E-state index contributed by atoms with van der Waals surface area (Å²) in [6.45, 7) is 1.26. The van der Waals surface area contributed by atoms with E-state index in [1.165, 1.54) is 16.4 Å². The molecule has 0 aromatic heterocycles. The summed E-state index contributed by atoms with van der Waals surface area (Å²) in [5.41, 5.74) is 2.61. The Morgan fingerprint density at radius 2 is 1.67 bits per heavy atom. The van der Waals surface area contributed by atoms with Crippen molar-refractivity contribution in [3.8, 4) is 16.9 Å². The van der Waals surface area contributed by atoms with Gasteiger partial charge in [-0.2, -0.15) is 4.31 Å². The third kappa shape index (κ3) is 5.80. The van der Waals surface area contributed by atoms with Crippen molar-refractivity contribution in [2.24, 2.45) is 0 Å². The molecule has 0 unspecified atom stereocenters. The van der Waals surface area contributed by atoms with E-state index in [9.17, 15) is 13.2 Å². The molecule has 1 amide bonds. The van der Waals surface area contributed by atoms with Crippen LogP contribution >= 0.6 is 15.9 Å². The van der Waals surface area contributed by atoms with Crippen LogP contribution in [0.25, 0.3) is 11.1 Å². The van der Waals surface area contributed by atoms with Crippen molar-refractivity contribution in [2.75, 3.05) is 38.2 Å². The van der Waals surface area contributed by atoms with Crippen LogP contribution in [0.2, 0.25) is 0 Å². The number of benzene rings is 3. The third-order valence-corrected chi connectivity index (χ3v) is 7.68. The summed E-state index contributed by atoms with van der Waals surface area (Å²) >= 11 is 3.50. The molecule has 1 aliphatic rings. The molecular weight excluding hydrogens is 508 g/mol. The predicted molar refractivity (Wildman–Crippen MR) is 130 cm³/mol. The first kappa shape index (κ1) is 23.4. The van der Waals surface area contributed by atoms with Crippen LogP contribution in [0.1, 0.15) is 0 Å². The van der Waals surface area contributed by atoms with E-state index in [4.69, 9.17) is 9.47 Å². The lowest BCUT2D eigenvalue weighted by Gasteiger charge is -2.26. The minimum atomic E-state index is -3.57. The highest BCUT2D eigenvalue weighted by molar-refractivity contribution is 9.10. The summed E-state index contributed by atoms with van der Waals surface area (Å²) < 4.78 is 38.4. The first-order valence-corrected chi connectivity index (χ1v) is 12.6. The second kappa shape index (κ2) is 10.5. The van der Waals surface area contributed by atoms with Gasteiger partial charge in [-0.05, 0) is 63.5 Å². The molecule has 7 nitrogen and oxygen atoms in total. The standard InChI is InChI=1S/C24H23BrN2O5S/c25-22-16-19(18-4-2-1-3-5-18)6-11-23(22)32-17-24(28)26-20-7-9-21(10-8-20)33(29,30)27-12-14-31-15-13-27/h1-11,16H,12-15,17H2,(H,26,28). The van der Waals surface area contributed by atoms with E-state index >= 15 is 0 Å². The van der Waals surface area contributed by atoms with Gasteiger partial charge in [0.2, 0.25) is 10.0 Å². The lowest BCUT2D eigenvalue weighted by Crippen LogP contribution is -2.40. The zero-order chi connectivity index (χ0) is 23.3. The first-order valence-electron chi connectivity index (χ1n) is 10.4. The highest BCUT2D eigenvalue weighted by Gasteiger charge is 2.26. The predicted octanol–water partition coefficient (Wildman–Crippen LogP) is 4.15. The van der Waals surface area contributed by atoms with E-state index in [-0.39, 0.29) is 17.4 Å². The molecule has 0 atom stereocenters. The molecule has 33 heavy (non-hydrogen) atoms. The molecule has 0 spiro atoms. The molecule has 0 saturated carbocycles. The lowest BCUT2D eigenvalue weighted by molar-refractivity contribution is -0.118. The Bertz CT molecular complexity index is 1210. The van der Waals surface area contributed by atoms with Crippen LogP contribution in [0.4, 0.5) is 5.69 Å². The maximum atomic E-state index is 12.7. The van der Waals surface area contributed by atoms with Gasteiger partial charge in [-0.1, -0.05) is 36.4 Å². The molecule has 3 aromatic rings. The molecule has 0 radical (unpaired) electrons. The maximum Gasteiger partial charge on any atom is 0.262 e. The molecule has 172 valence electrons. The summed E-state index contributed by atoms with van der Waals surface area (Å²) in [5, 5.41) is 2.72. The van der Waals surface area contributed by atoms with Gasteiger partial charge in [-0.3, -0.25) is 4.79 Å². The Morgan fingerprint density at radius 1 is 0.970 bits per heavy atom. The zero-order valence-electron chi connectivity index (χ0n) is 17.7. The Labute approximate surface area is 201 Å². The van der Waals surface area contributed by atoms with Gasteiger partial charge in [0, 0.05) is 18.8 Å². The molecule has 3 aromatic carbocycles. The fraction of sp³-hybridized carbons (Fsp3) is 0.208. The highest BCUT2D eigenvalue weighted by atomic mass is 79.9. The van der Waals surface area contributed by atoms with E-state index in [0.717, 1.165) is 15.6 Å². The number of sulfonamides is 1. The molecule has 1 heterocycles. The number of carbonyl (C=O) groups excluding carboxylic acids is 1. The number of hydrogen-bond donors (Lipinski definition) is 1. The van der Waals surface area contributed by atoms with Crippen LogP contribution in [0.3, 0.4) is 0 Å². The molecular formula is C24H23BrN2O5S. The van der Waals surface area contributed by atoms with Gasteiger partial charge in [-0.25, -0.2) is 8.42 Å². The third-order valence-electron chi connectivity index (χ3n) is 5.14. The van der Waals surface area contributed by atoms with Crippen molar-refractivity contribution in [1.82, 2.24) is 4.31 Å². The van der Waals surface area contributed by atoms with Gasteiger partial charge < -0.3 is 14.8 Å². The van der Waals surface area contributed by atoms with E-state index in [0.29, 0.717) is 37.7 Å². The van der Waals surface area contributed by atoms with Gasteiger partial charge in [0.1, 0.15) is 5.75 Å². The summed E-state index contributed by atoms with van der Waals surface area (Å²) in [6.07, 6.45) is 0. The Morgan fingerprint density at radius 3 is 2.33 bits per heavy atom. The normalized spacial score (nSPS) is 14.6. The Balaban J connectivity index is 1.33. The minimum Gasteiger partial charge on any atom is -0.483 e. The summed E-state index contributed by atoms with van der Waals surface area (Å²) in [5.74, 6) is 0.203. The summed E-state index contributed by atoms with van der Waals surface area (Å²) in [7, 11) is -3.57. The molecule has 0 aliphatic carbocycles. The van der Waals surface area contributed by atoms with Gasteiger partial charge in [0.25, 0.3) is 5.91 Å². The quantitative estimate of drug-likeness (QED) is 0.495. The average molecular weight is 531 g/mol. The van der Waals surface area contributed by atoms with E-state index in [1.54, 1.807) is 12.1 Å². The van der Waals surface area contributed by atoms with Crippen LogP contribution in [-0.2, 0) is 19.6 Å². The molecule has 1 N–H and O–H groups in total. The number of hydrogen-bond acceptors (Lipinski definition) is 5. The van der Waals surface area contributed by atoms with Crippen molar-refractivity contribution in [3.63, 3.8) is 0 Å². The van der Waals surface area contributed by atoms with Crippen molar-refractivity contribution in [1.29, 1.82) is 0 Å². The van der Waals surface area contributed by atoms with Crippen LogP contribution in [0, 0.1) is 0 Å². The van der Waals surface area contributed by atoms with Crippen LogP contribution in [-0.4, -0.2) is 51.5 Å². The van der Waals surface area contributed by atoms with E-state index < -0.39 is 10.0 Å². The Kier molecular flexibility index (Phi) is 7.44. The number of morpholine rings is 1. The number of ether oxygens (including phenoxy) is 2. The average Bonchev–Trinajstić information content (AvgIpc) is 2.84. The van der Waals surface area contributed by atoms with Crippen molar-refractivity contribution in [2.45, 2.75) is 4.90 Å². The second-order valence-electron chi connectivity index (χ2n) is 7.39. The largest absolute Gasteiger partial charge is 0.483 e. The summed E-state index contributed by atoms with van der Waals surface area (Å²) in [4.78, 5) is 12.5.